The molecule has 0 radical (unpaired) electrons. The van der Waals surface area contributed by atoms with Crippen molar-refractivity contribution in [2.75, 3.05) is 0 Å². The smallest absolute Gasteiger partial charge is 0.0548 e. The Morgan fingerprint density at radius 3 is 1.06 bits per heavy atom. The Kier molecular flexibility index (Phi) is 5.96. The Labute approximate surface area is 294 Å². The van der Waals surface area contributed by atoms with E-state index in [1.165, 1.54) is 87.9 Å². The highest BCUT2D eigenvalue weighted by atomic mass is 15.0. The Bertz CT molecular complexity index is 3110. The number of rotatable bonds is 4. The first kappa shape index (κ1) is 28.0. The molecule has 0 spiro atoms. The van der Waals surface area contributed by atoms with Gasteiger partial charge in [0.15, 0.2) is 0 Å². The van der Waals surface area contributed by atoms with Gasteiger partial charge in [-0.2, -0.15) is 0 Å². The van der Waals surface area contributed by atoms with E-state index in [0.29, 0.717) is 0 Å². The molecule has 3 nitrogen and oxygen atoms in total. The van der Waals surface area contributed by atoms with Gasteiger partial charge in [0.2, 0.25) is 0 Å². The van der Waals surface area contributed by atoms with Crippen molar-refractivity contribution in [1.29, 1.82) is 0 Å². The van der Waals surface area contributed by atoms with Crippen molar-refractivity contribution in [2.45, 2.75) is 0 Å². The van der Waals surface area contributed by atoms with Crippen LogP contribution in [0.5, 0.6) is 0 Å². The zero-order chi connectivity index (χ0) is 33.5. The second-order valence-electron chi connectivity index (χ2n) is 13.4. The van der Waals surface area contributed by atoms with Crippen LogP contribution in [0, 0.1) is 0 Å². The number of aromatic nitrogens is 3. The zero-order valence-electron chi connectivity index (χ0n) is 27.7. The van der Waals surface area contributed by atoms with Crippen LogP contribution in [0.3, 0.4) is 0 Å². The van der Waals surface area contributed by atoms with E-state index in [1.807, 2.05) is 0 Å². The fourth-order valence-electron chi connectivity index (χ4n) is 8.37. The van der Waals surface area contributed by atoms with E-state index in [2.05, 4.69) is 202 Å². The van der Waals surface area contributed by atoms with Gasteiger partial charge in [-0.3, -0.25) is 0 Å². The fraction of sp³-hybridized carbons (Fsp3) is 0. The van der Waals surface area contributed by atoms with E-state index in [0.717, 1.165) is 5.69 Å². The first-order valence-electron chi connectivity index (χ1n) is 17.5. The van der Waals surface area contributed by atoms with Gasteiger partial charge in [-0.05, 0) is 83.9 Å². The quantitative estimate of drug-likeness (QED) is 0.180. The van der Waals surface area contributed by atoms with E-state index in [-0.39, 0.29) is 0 Å². The molecule has 0 aliphatic carbocycles. The van der Waals surface area contributed by atoms with Crippen LogP contribution in [-0.4, -0.2) is 13.7 Å². The SMILES string of the molecule is c1ccc(-n2c3ccccc3c3ccc(-c4ccc(-n5c6ccccc6c6cc7c(cc65)c5ccccc5n7-c5ccccc5)cc4)cc32)cc1. The predicted molar refractivity (Wildman–Crippen MR) is 215 cm³/mol. The summed E-state index contributed by atoms with van der Waals surface area (Å²) in [5.41, 5.74) is 13.2. The number of hydrogen-bond acceptors (Lipinski definition) is 0. The molecule has 0 aliphatic rings. The summed E-state index contributed by atoms with van der Waals surface area (Å²) in [6.07, 6.45) is 0. The van der Waals surface area contributed by atoms with Crippen molar-refractivity contribution in [1.82, 2.24) is 13.7 Å². The Morgan fingerprint density at radius 2 is 0.569 bits per heavy atom. The minimum absolute atomic E-state index is 1.15. The van der Waals surface area contributed by atoms with Gasteiger partial charge in [-0.25, -0.2) is 0 Å². The summed E-state index contributed by atoms with van der Waals surface area (Å²) in [6, 6.07) is 68.4. The van der Waals surface area contributed by atoms with Crippen LogP contribution in [0.1, 0.15) is 0 Å². The van der Waals surface area contributed by atoms with Gasteiger partial charge in [0.05, 0.1) is 33.1 Å². The van der Waals surface area contributed by atoms with Crippen molar-refractivity contribution < 1.29 is 0 Å². The number of benzene rings is 8. The molecule has 8 aromatic carbocycles. The molecule has 0 unspecified atom stereocenters. The van der Waals surface area contributed by atoms with Gasteiger partial charge in [-0.1, -0.05) is 115 Å². The molecule has 11 aromatic rings. The lowest BCUT2D eigenvalue weighted by molar-refractivity contribution is 1.17. The third-order valence-electron chi connectivity index (χ3n) is 10.6. The molecular formula is C48H31N3. The lowest BCUT2D eigenvalue weighted by Gasteiger charge is -2.11. The number of fused-ring (bicyclic) bond motifs is 9. The lowest BCUT2D eigenvalue weighted by Crippen LogP contribution is -1.95. The highest BCUT2D eigenvalue weighted by Crippen LogP contribution is 2.40. The molecule has 3 aromatic heterocycles. The Morgan fingerprint density at radius 1 is 0.216 bits per heavy atom. The second-order valence-corrected chi connectivity index (χ2v) is 13.4. The van der Waals surface area contributed by atoms with Crippen LogP contribution in [0.2, 0.25) is 0 Å². The molecule has 11 rings (SSSR count). The van der Waals surface area contributed by atoms with Crippen molar-refractivity contribution in [3.63, 3.8) is 0 Å². The first-order chi connectivity index (χ1) is 25.3. The van der Waals surface area contributed by atoms with Crippen LogP contribution < -0.4 is 0 Å². The monoisotopic (exact) mass is 649 g/mol. The van der Waals surface area contributed by atoms with Gasteiger partial charge >= 0.3 is 0 Å². The summed E-state index contributed by atoms with van der Waals surface area (Å²) < 4.78 is 7.22. The average Bonchev–Trinajstić information content (AvgIpc) is 3.83. The summed E-state index contributed by atoms with van der Waals surface area (Å²) in [5, 5.41) is 7.55. The summed E-state index contributed by atoms with van der Waals surface area (Å²) >= 11 is 0. The Hall–Kier alpha value is -6.84. The van der Waals surface area contributed by atoms with E-state index in [4.69, 9.17) is 0 Å². The maximum absolute atomic E-state index is 2.43. The van der Waals surface area contributed by atoms with Crippen molar-refractivity contribution in [3.05, 3.63) is 188 Å². The van der Waals surface area contributed by atoms with E-state index < -0.39 is 0 Å². The van der Waals surface area contributed by atoms with Crippen LogP contribution >= 0.6 is 0 Å². The third kappa shape index (κ3) is 4.12. The molecule has 238 valence electrons. The zero-order valence-corrected chi connectivity index (χ0v) is 27.7. The molecule has 0 atom stereocenters. The van der Waals surface area contributed by atoms with Crippen molar-refractivity contribution in [2.24, 2.45) is 0 Å². The molecule has 0 bridgehead atoms. The van der Waals surface area contributed by atoms with Crippen molar-refractivity contribution >= 4 is 65.4 Å². The van der Waals surface area contributed by atoms with Crippen LogP contribution in [0.15, 0.2) is 188 Å². The number of hydrogen-bond donors (Lipinski definition) is 0. The number of para-hydroxylation sites is 5. The molecule has 0 amide bonds. The molecule has 0 saturated heterocycles. The maximum Gasteiger partial charge on any atom is 0.0548 e. The topological polar surface area (TPSA) is 14.8 Å². The molecule has 0 aliphatic heterocycles. The van der Waals surface area contributed by atoms with Gasteiger partial charge in [-0.15, -0.1) is 0 Å². The molecule has 3 heteroatoms. The molecule has 0 fully saturated rings. The Balaban J connectivity index is 1.09. The lowest BCUT2D eigenvalue weighted by atomic mass is 10.0. The van der Waals surface area contributed by atoms with Gasteiger partial charge < -0.3 is 13.7 Å². The molecule has 51 heavy (non-hydrogen) atoms. The molecular weight excluding hydrogens is 619 g/mol. The summed E-state index contributed by atoms with van der Waals surface area (Å²) in [5.74, 6) is 0. The van der Waals surface area contributed by atoms with Crippen LogP contribution in [0.4, 0.5) is 0 Å². The largest absolute Gasteiger partial charge is 0.309 e. The molecule has 0 saturated carbocycles. The number of nitrogens with zero attached hydrogens (tertiary/aromatic N) is 3. The minimum atomic E-state index is 1.15. The average molecular weight is 650 g/mol. The minimum Gasteiger partial charge on any atom is -0.309 e. The fourth-order valence-corrected chi connectivity index (χ4v) is 8.37. The van der Waals surface area contributed by atoms with E-state index in [9.17, 15) is 0 Å². The van der Waals surface area contributed by atoms with Crippen molar-refractivity contribution in [3.8, 4) is 28.2 Å². The van der Waals surface area contributed by atoms with Gasteiger partial charge in [0.25, 0.3) is 0 Å². The van der Waals surface area contributed by atoms with E-state index in [1.54, 1.807) is 0 Å². The van der Waals surface area contributed by atoms with E-state index >= 15 is 0 Å². The third-order valence-corrected chi connectivity index (χ3v) is 10.6. The van der Waals surface area contributed by atoms with Gasteiger partial charge in [0, 0.05) is 49.4 Å². The summed E-state index contributed by atoms with van der Waals surface area (Å²) in [4.78, 5) is 0. The summed E-state index contributed by atoms with van der Waals surface area (Å²) in [6.45, 7) is 0. The maximum atomic E-state index is 2.43. The molecule has 3 heterocycles. The first-order valence-corrected chi connectivity index (χ1v) is 17.5. The molecule has 0 N–H and O–H groups in total. The highest BCUT2D eigenvalue weighted by Gasteiger charge is 2.19. The highest BCUT2D eigenvalue weighted by molar-refractivity contribution is 6.19. The standard InChI is InChI=1S/C48H31N3/c1-3-13-34(14-4-1)49-43-20-10-7-17-37(43)40-28-25-33(29-46(40)49)32-23-26-36(27-24-32)51-45-22-12-9-19-39(45)42-30-47-41(31-48(42)51)38-18-8-11-21-44(38)50(47)35-15-5-2-6-16-35/h1-31H. The van der Waals surface area contributed by atoms with Gasteiger partial charge in [0.1, 0.15) is 0 Å². The van der Waals surface area contributed by atoms with Crippen LogP contribution in [-0.2, 0) is 0 Å². The second kappa shape index (κ2) is 10.8. The predicted octanol–water partition coefficient (Wildman–Crippen LogP) is 12.6. The summed E-state index contributed by atoms with van der Waals surface area (Å²) in [7, 11) is 0. The normalized spacial score (nSPS) is 11.9. The van der Waals surface area contributed by atoms with Crippen LogP contribution in [0.25, 0.3) is 93.6 Å².